The smallest absolute Gasteiger partial charge is 0.241 e. The molecule has 33 heavy (non-hydrogen) atoms. The van der Waals surface area contributed by atoms with Crippen LogP contribution in [0.4, 0.5) is 0 Å². The minimum Gasteiger partial charge on any atom is -0.352 e. The van der Waals surface area contributed by atoms with Crippen molar-refractivity contribution in [2.24, 2.45) is 5.92 Å². The lowest BCUT2D eigenvalue weighted by molar-refractivity contribution is -0.126. The molecular formula is C25H26N6O2. The normalized spacial score (nSPS) is 14.9. The van der Waals surface area contributed by atoms with E-state index in [-0.39, 0.29) is 11.8 Å². The molecular weight excluding hydrogens is 416 g/mol. The van der Waals surface area contributed by atoms with Crippen LogP contribution < -0.4 is 5.32 Å². The van der Waals surface area contributed by atoms with Gasteiger partial charge in [-0.15, -0.1) is 0 Å². The van der Waals surface area contributed by atoms with Gasteiger partial charge in [-0.3, -0.25) is 9.69 Å². The number of benzene rings is 2. The van der Waals surface area contributed by atoms with Crippen LogP contribution in [0.3, 0.4) is 0 Å². The zero-order chi connectivity index (χ0) is 22.5. The molecule has 1 fully saturated rings. The van der Waals surface area contributed by atoms with Crippen LogP contribution in [0.15, 0.2) is 77.8 Å². The summed E-state index contributed by atoms with van der Waals surface area (Å²) in [5.41, 5.74) is 3.07. The van der Waals surface area contributed by atoms with E-state index >= 15 is 0 Å². The molecule has 1 amide bonds. The number of rotatable bonds is 7. The summed E-state index contributed by atoms with van der Waals surface area (Å²) in [5.74, 6) is 1.38. The Kier molecular flexibility index (Phi) is 6.25. The first kappa shape index (κ1) is 21.1. The molecule has 5 rings (SSSR count). The molecule has 0 bridgehead atoms. The highest BCUT2D eigenvalue weighted by atomic mass is 16.5. The minimum absolute atomic E-state index is 0.0361. The van der Waals surface area contributed by atoms with Crippen molar-refractivity contribution in [3.05, 3.63) is 84.8 Å². The SMILES string of the molecule is O=C(NCc1ccc(-n2ccnc2)cc1)C1CCN(Cc2nc(-c3ccccc3)no2)CC1. The Balaban J connectivity index is 1.07. The number of imidazole rings is 1. The fraction of sp³-hybridized carbons (Fsp3) is 0.280. The van der Waals surface area contributed by atoms with Gasteiger partial charge in [-0.1, -0.05) is 47.6 Å². The Bertz CT molecular complexity index is 1160. The van der Waals surface area contributed by atoms with E-state index in [0.717, 1.165) is 42.7 Å². The topological polar surface area (TPSA) is 89.1 Å². The first-order valence-corrected chi connectivity index (χ1v) is 11.2. The molecule has 0 aliphatic carbocycles. The standard InChI is InChI=1S/C25H26N6O2/c32-25(27-16-19-6-8-22(9-7-19)31-15-12-26-18-31)21-10-13-30(14-11-21)17-23-28-24(29-33-23)20-4-2-1-3-5-20/h1-9,12,15,18,21H,10-11,13-14,16-17H2,(H,27,32). The number of hydrogen-bond donors (Lipinski definition) is 1. The Morgan fingerprint density at radius 2 is 1.85 bits per heavy atom. The van der Waals surface area contributed by atoms with Gasteiger partial charge in [0.1, 0.15) is 0 Å². The molecule has 0 atom stereocenters. The first-order chi connectivity index (χ1) is 16.2. The predicted octanol–water partition coefficient (Wildman–Crippen LogP) is 3.45. The van der Waals surface area contributed by atoms with Gasteiger partial charge in [0, 0.05) is 36.1 Å². The van der Waals surface area contributed by atoms with E-state index in [9.17, 15) is 4.79 Å². The van der Waals surface area contributed by atoms with E-state index < -0.39 is 0 Å². The lowest BCUT2D eigenvalue weighted by atomic mass is 9.96. The molecule has 0 spiro atoms. The van der Waals surface area contributed by atoms with Crippen LogP contribution in [0.2, 0.25) is 0 Å². The molecule has 4 aromatic rings. The summed E-state index contributed by atoms with van der Waals surface area (Å²) in [6.07, 6.45) is 7.08. The summed E-state index contributed by atoms with van der Waals surface area (Å²) in [6, 6.07) is 17.9. The average Bonchev–Trinajstić information content (AvgIpc) is 3.57. The minimum atomic E-state index is 0.0361. The number of carbonyl (C=O) groups excluding carboxylic acids is 1. The maximum absolute atomic E-state index is 12.7. The molecule has 1 aliphatic heterocycles. The summed E-state index contributed by atoms with van der Waals surface area (Å²) in [4.78, 5) is 23.5. The highest BCUT2D eigenvalue weighted by Crippen LogP contribution is 2.21. The zero-order valence-corrected chi connectivity index (χ0v) is 18.3. The van der Waals surface area contributed by atoms with Gasteiger partial charge in [-0.2, -0.15) is 4.98 Å². The fourth-order valence-corrected chi connectivity index (χ4v) is 4.10. The van der Waals surface area contributed by atoms with Gasteiger partial charge in [-0.05, 0) is 43.6 Å². The molecule has 2 aromatic heterocycles. The largest absolute Gasteiger partial charge is 0.352 e. The number of amides is 1. The fourth-order valence-electron chi connectivity index (χ4n) is 4.10. The molecule has 1 N–H and O–H groups in total. The lowest BCUT2D eigenvalue weighted by Gasteiger charge is -2.30. The molecule has 3 heterocycles. The maximum Gasteiger partial charge on any atom is 0.241 e. The second-order valence-corrected chi connectivity index (χ2v) is 8.28. The molecule has 2 aromatic carbocycles. The third kappa shape index (κ3) is 5.18. The monoisotopic (exact) mass is 442 g/mol. The molecule has 1 aliphatic rings. The third-order valence-corrected chi connectivity index (χ3v) is 6.02. The van der Waals surface area contributed by atoms with Gasteiger partial charge in [0.15, 0.2) is 0 Å². The van der Waals surface area contributed by atoms with Crippen LogP contribution in [0.1, 0.15) is 24.3 Å². The quantitative estimate of drug-likeness (QED) is 0.472. The zero-order valence-electron chi connectivity index (χ0n) is 18.3. The van der Waals surface area contributed by atoms with E-state index in [1.165, 1.54) is 0 Å². The van der Waals surface area contributed by atoms with Gasteiger partial charge in [-0.25, -0.2) is 4.98 Å². The number of nitrogens with zero attached hydrogens (tertiary/aromatic N) is 5. The van der Waals surface area contributed by atoms with Gasteiger partial charge < -0.3 is 14.4 Å². The van der Waals surface area contributed by atoms with Crippen molar-refractivity contribution < 1.29 is 9.32 Å². The number of hydrogen-bond acceptors (Lipinski definition) is 6. The van der Waals surface area contributed by atoms with E-state index in [1.54, 1.807) is 12.5 Å². The summed E-state index contributed by atoms with van der Waals surface area (Å²) in [7, 11) is 0. The number of piperidine rings is 1. The summed E-state index contributed by atoms with van der Waals surface area (Å²) in [5, 5.41) is 7.18. The van der Waals surface area contributed by atoms with Crippen molar-refractivity contribution in [3.8, 4) is 17.1 Å². The first-order valence-electron chi connectivity index (χ1n) is 11.2. The van der Waals surface area contributed by atoms with Gasteiger partial charge in [0.25, 0.3) is 0 Å². The number of aromatic nitrogens is 4. The molecule has 0 radical (unpaired) electrons. The Hall–Kier alpha value is -3.78. The van der Waals surface area contributed by atoms with Crippen LogP contribution in [0.25, 0.3) is 17.1 Å². The van der Waals surface area contributed by atoms with Crippen LogP contribution in [-0.2, 0) is 17.9 Å². The van der Waals surface area contributed by atoms with Crippen molar-refractivity contribution in [2.45, 2.75) is 25.9 Å². The number of nitrogens with one attached hydrogen (secondary N) is 1. The van der Waals surface area contributed by atoms with E-state index in [2.05, 4.69) is 25.3 Å². The van der Waals surface area contributed by atoms with Crippen LogP contribution in [-0.4, -0.2) is 43.6 Å². The second kappa shape index (κ2) is 9.79. The Labute approximate surface area is 192 Å². The number of likely N-dealkylation sites (tertiary alicyclic amines) is 1. The van der Waals surface area contributed by atoms with E-state index in [1.807, 2.05) is 65.4 Å². The van der Waals surface area contributed by atoms with Crippen molar-refractivity contribution in [1.82, 2.24) is 29.9 Å². The lowest BCUT2D eigenvalue weighted by Crippen LogP contribution is -2.40. The van der Waals surface area contributed by atoms with Crippen LogP contribution in [0.5, 0.6) is 0 Å². The van der Waals surface area contributed by atoms with Gasteiger partial charge in [0.05, 0.1) is 12.9 Å². The molecule has 1 saturated heterocycles. The van der Waals surface area contributed by atoms with E-state index in [4.69, 9.17) is 4.52 Å². The van der Waals surface area contributed by atoms with Crippen molar-refractivity contribution in [3.63, 3.8) is 0 Å². The van der Waals surface area contributed by atoms with Gasteiger partial charge in [0.2, 0.25) is 17.6 Å². The molecule has 8 heteroatoms. The summed E-state index contributed by atoms with van der Waals surface area (Å²) in [6.45, 7) is 2.81. The highest BCUT2D eigenvalue weighted by molar-refractivity contribution is 5.78. The molecule has 0 saturated carbocycles. The van der Waals surface area contributed by atoms with E-state index in [0.29, 0.717) is 24.8 Å². The predicted molar refractivity (Wildman–Crippen MR) is 123 cm³/mol. The summed E-state index contributed by atoms with van der Waals surface area (Å²) >= 11 is 0. The second-order valence-electron chi connectivity index (χ2n) is 8.28. The van der Waals surface area contributed by atoms with Gasteiger partial charge >= 0.3 is 0 Å². The van der Waals surface area contributed by atoms with Crippen molar-refractivity contribution >= 4 is 5.91 Å². The van der Waals surface area contributed by atoms with Crippen LogP contribution in [0, 0.1) is 5.92 Å². The summed E-state index contributed by atoms with van der Waals surface area (Å²) < 4.78 is 7.38. The maximum atomic E-state index is 12.7. The Morgan fingerprint density at radius 1 is 1.06 bits per heavy atom. The molecule has 8 nitrogen and oxygen atoms in total. The average molecular weight is 443 g/mol. The van der Waals surface area contributed by atoms with Crippen LogP contribution >= 0.6 is 0 Å². The Morgan fingerprint density at radius 3 is 2.58 bits per heavy atom. The number of carbonyl (C=O) groups is 1. The molecule has 168 valence electrons. The molecule has 0 unspecified atom stereocenters. The highest BCUT2D eigenvalue weighted by Gasteiger charge is 2.26. The third-order valence-electron chi connectivity index (χ3n) is 6.02. The van der Waals surface area contributed by atoms with Crippen molar-refractivity contribution in [1.29, 1.82) is 0 Å². The van der Waals surface area contributed by atoms with Crippen molar-refractivity contribution in [2.75, 3.05) is 13.1 Å².